The number of nitrogens with one attached hydrogen (secondary N) is 1. The standard InChI is InChI=1S/C18H27N3O.C2H6/c1-20-11-13-21(14-12-20)17-9-7-15(8-10-17)18(22)19-16-5-3-2-4-6-16;1-2/h7-10,16H,2-6,11-14H2,1H3,(H,19,22);1-2H3. The molecular weight excluding hydrogens is 298 g/mol. The first kappa shape index (κ1) is 18.8. The van der Waals surface area contributed by atoms with E-state index in [1.807, 2.05) is 26.0 Å². The molecule has 1 aliphatic carbocycles. The van der Waals surface area contributed by atoms with Crippen molar-refractivity contribution in [3.05, 3.63) is 29.8 Å². The number of benzene rings is 1. The molecule has 3 rings (SSSR count). The van der Waals surface area contributed by atoms with Crippen molar-refractivity contribution in [3.8, 4) is 0 Å². The average Bonchev–Trinajstić information content (AvgIpc) is 2.65. The maximum Gasteiger partial charge on any atom is 0.251 e. The van der Waals surface area contributed by atoms with E-state index in [1.165, 1.54) is 24.9 Å². The second-order valence-corrected chi connectivity index (χ2v) is 6.65. The number of carbonyl (C=O) groups excluding carboxylic acids is 1. The topological polar surface area (TPSA) is 35.6 Å². The van der Waals surface area contributed by atoms with Gasteiger partial charge in [-0.3, -0.25) is 4.79 Å². The number of hydrogen-bond acceptors (Lipinski definition) is 3. The van der Waals surface area contributed by atoms with Gasteiger partial charge in [-0.25, -0.2) is 0 Å². The molecule has 4 nitrogen and oxygen atoms in total. The van der Waals surface area contributed by atoms with E-state index in [2.05, 4.69) is 34.3 Å². The van der Waals surface area contributed by atoms with E-state index in [1.54, 1.807) is 0 Å². The summed E-state index contributed by atoms with van der Waals surface area (Å²) in [5, 5.41) is 3.18. The van der Waals surface area contributed by atoms with Crippen LogP contribution in [0.5, 0.6) is 0 Å². The summed E-state index contributed by atoms with van der Waals surface area (Å²) in [6, 6.07) is 8.47. The van der Waals surface area contributed by atoms with Gasteiger partial charge >= 0.3 is 0 Å². The molecule has 0 atom stereocenters. The van der Waals surface area contributed by atoms with Crippen molar-refractivity contribution < 1.29 is 4.79 Å². The number of hydrogen-bond donors (Lipinski definition) is 1. The predicted molar refractivity (Wildman–Crippen MR) is 102 cm³/mol. The second kappa shape index (κ2) is 9.67. The molecular formula is C20H33N3O. The zero-order chi connectivity index (χ0) is 17.4. The van der Waals surface area contributed by atoms with Crippen LogP contribution in [0.3, 0.4) is 0 Å². The maximum atomic E-state index is 12.3. The summed E-state index contributed by atoms with van der Waals surface area (Å²) in [5.74, 6) is 0.0804. The molecule has 1 amide bonds. The van der Waals surface area contributed by atoms with Gasteiger partial charge in [0.25, 0.3) is 5.91 Å². The maximum absolute atomic E-state index is 12.3. The Balaban J connectivity index is 0.00000100. The van der Waals surface area contributed by atoms with E-state index in [-0.39, 0.29) is 5.91 Å². The summed E-state index contributed by atoms with van der Waals surface area (Å²) < 4.78 is 0. The third kappa shape index (κ3) is 5.23. The fourth-order valence-electron chi connectivity index (χ4n) is 3.40. The normalized spacial score (nSPS) is 19.4. The van der Waals surface area contributed by atoms with Crippen LogP contribution in [0.25, 0.3) is 0 Å². The molecule has 1 heterocycles. The fourth-order valence-corrected chi connectivity index (χ4v) is 3.40. The minimum Gasteiger partial charge on any atom is -0.369 e. The highest BCUT2D eigenvalue weighted by atomic mass is 16.1. The third-order valence-corrected chi connectivity index (χ3v) is 4.94. The first-order chi connectivity index (χ1) is 11.7. The summed E-state index contributed by atoms with van der Waals surface area (Å²) >= 11 is 0. The van der Waals surface area contributed by atoms with Gasteiger partial charge in [-0.05, 0) is 44.2 Å². The lowest BCUT2D eigenvalue weighted by Crippen LogP contribution is -2.44. The first-order valence-electron chi connectivity index (χ1n) is 9.57. The molecule has 0 aromatic heterocycles. The predicted octanol–water partition coefficient (Wildman–Crippen LogP) is 3.53. The Labute approximate surface area is 147 Å². The van der Waals surface area contributed by atoms with E-state index in [4.69, 9.17) is 0 Å². The van der Waals surface area contributed by atoms with Crippen molar-refractivity contribution in [3.63, 3.8) is 0 Å². The van der Waals surface area contributed by atoms with Crippen LogP contribution in [-0.2, 0) is 0 Å². The molecule has 0 unspecified atom stereocenters. The lowest BCUT2D eigenvalue weighted by atomic mass is 9.95. The van der Waals surface area contributed by atoms with Gasteiger partial charge in [0.15, 0.2) is 0 Å². The summed E-state index contributed by atoms with van der Waals surface area (Å²) in [5.41, 5.74) is 2.01. The van der Waals surface area contributed by atoms with Crippen LogP contribution in [0.15, 0.2) is 24.3 Å². The van der Waals surface area contributed by atoms with Crippen molar-refractivity contribution >= 4 is 11.6 Å². The Morgan fingerprint density at radius 1 is 0.958 bits per heavy atom. The zero-order valence-corrected chi connectivity index (χ0v) is 15.6. The van der Waals surface area contributed by atoms with E-state index < -0.39 is 0 Å². The summed E-state index contributed by atoms with van der Waals surface area (Å²) in [7, 11) is 2.16. The molecule has 1 N–H and O–H groups in total. The molecule has 1 aromatic rings. The van der Waals surface area contributed by atoms with Crippen LogP contribution < -0.4 is 10.2 Å². The highest BCUT2D eigenvalue weighted by molar-refractivity contribution is 5.94. The monoisotopic (exact) mass is 331 g/mol. The Kier molecular flexibility index (Phi) is 7.57. The number of nitrogens with zero attached hydrogens (tertiary/aromatic N) is 2. The Bertz CT molecular complexity index is 486. The van der Waals surface area contributed by atoms with Crippen molar-refractivity contribution in [2.24, 2.45) is 0 Å². The van der Waals surface area contributed by atoms with Crippen molar-refractivity contribution in [2.45, 2.75) is 52.0 Å². The van der Waals surface area contributed by atoms with Crippen LogP contribution in [0.1, 0.15) is 56.3 Å². The Morgan fingerprint density at radius 3 is 2.12 bits per heavy atom. The van der Waals surface area contributed by atoms with Gasteiger partial charge in [0.2, 0.25) is 0 Å². The summed E-state index contributed by atoms with van der Waals surface area (Å²) in [4.78, 5) is 17.1. The van der Waals surface area contributed by atoms with Crippen LogP contribution in [0.2, 0.25) is 0 Å². The van der Waals surface area contributed by atoms with E-state index in [9.17, 15) is 4.79 Å². The smallest absolute Gasteiger partial charge is 0.251 e. The number of piperazine rings is 1. The van der Waals surface area contributed by atoms with Crippen LogP contribution in [0.4, 0.5) is 5.69 Å². The summed E-state index contributed by atoms with van der Waals surface area (Å²) in [6.45, 7) is 8.32. The number of likely N-dealkylation sites (N-methyl/N-ethyl adjacent to an activating group) is 1. The molecule has 24 heavy (non-hydrogen) atoms. The van der Waals surface area contributed by atoms with Crippen LogP contribution in [-0.4, -0.2) is 50.1 Å². The molecule has 0 radical (unpaired) electrons. The van der Waals surface area contributed by atoms with Crippen molar-refractivity contribution in [2.75, 3.05) is 38.1 Å². The largest absolute Gasteiger partial charge is 0.369 e. The number of amides is 1. The van der Waals surface area contributed by atoms with Gasteiger partial charge in [0.1, 0.15) is 0 Å². The molecule has 2 aliphatic rings. The number of rotatable bonds is 3. The Hall–Kier alpha value is -1.55. The second-order valence-electron chi connectivity index (χ2n) is 6.65. The molecule has 1 saturated heterocycles. The molecule has 1 saturated carbocycles. The molecule has 0 spiro atoms. The molecule has 134 valence electrons. The average molecular weight is 332 g/mol. The van der Waals surface area contributed by atoms with Crippen molar-refractivity contribution in [1.82, 2.24) is 10.2 Å². The molecule has 4 heteroatoms. The summed E-state index contributed by atoms with van der Waals surface area (Å²) in [6.07, 6.45) is 6.06. The minimum atomic E-state index is 0.0804. The highest BCUT2D eigenvalue weighted by Gasteiger charge is 2.17. The van der Waals surface area contributed by atoms with Gasteiger partial charge in [-0.2, -0.15) is 0 Å². The van der Waals surface area contributed by atoms with Gasteiger partial charge in [0.05, 0.1) is 0 Å². The Morgan fingerprint density at radius 2 is 1.54 bits per heavy atom. The highest BCUT2D eigenvalue weighted by Crippen LogP contribution is 2.19. The van der Waals surface area contributed by atoms with E-state index in [0.29, 0.717) is 6.04 Å². The van der Waals surface area contributed by atoms with Gasteiger partial charge < -0.3 is 15.1 Å². The third-order valence-electron chi connectivity index (χ3n) is 4.94. The molecule has 1 aliphatic heterocycles. The zero-order valence-electron chi connectivity index (χ0n) is 15.6. The van der Waals surface area contributed by atoms with Crippen LogP contribution >= 0.6 is 0 Å². The molecule has 0 bridgehead atoms. The number of carbonyl (C=O) groups is 1. The van der Waals surface area contributed by atoms with Gasteiger partial charge in [-0.1, -0.05) is 33.1 Å². The van der Waals surface area contributed by atoms with Crippen molar-refractivity contribution in [1.29, 1.82) is 0 Å². The molecule has 1 aromatic carbocycles. The fraction of sp³-hybridized carbons (Fsp3) is 0.650. The minimum absolute atomic E-state index is 0.0804. The van der Waals surface area contributed by atoms with E-state index >= 15 is 0 Å². The first-order valence-corrected chi connectivity index (χ1v) is 9.57. The van der Waals surface area contributed by atoms with Gasteiger partial charge in [-0.15, -0.1) is 0 Å². The quantitative estimate of drug-likeness (QED) is 0.920. The lowest BCUT2D eigenvalue weighted by Gasteiger charge is -2.34. The lowest BCUT2D eigenvalue weighted by molar-refractivity contribution is 0.0927. The van der Waals surface area contributed by atoms with Crippen LogP contribution in [0, 0.1) is 0 Å². The van der Waals surface area contributed by atoms with E-state index in [0.717, 1.165) is 44.6 Å². The SMILES string of the molecule is CC.CN1CCN(c2ccc(C(=O)NC3CCCCC3)cc2)CC1. The van der Waals surface area contributed by atoms with Gasteiger partial charge in [0, 0.05) is 43.5 Å². The number of anilines is 1. The molecule has 2 fully saturated rings.